The van der Waals surface area contributed by atoms with Crippen LogP contribution in [-0.4, -0.2) is 69.6 Å². The first-order valence-corrected chi connectivity index (χ1v) is 8.91. The molecule has 1 rings (SSSR count). The van der Waals surface area contributed by atoms with Crippen molar-refractivity contribution < 1.29 is 13.2 Å². The highest BCUT2D eigenvalue weighted by molar-refractivity contribution is 7.87. The van der Waals surface area contributed by atoms with Crippen LogP contribution < -0.4 is 4.72 Å². The first kappa shape index (κ1) is 17.8. The van der Waals surface area contributed by atoms with Gasteiger partial charge in [0.05, 0.1) is 12.7 Å². The molecule has 6 nitrogen and oxygen atoms in total. The maximum absolute atomic E-state index is 12.0. The van der Waals surface area contributed by atoms with Crippen LogP contribution in [0.1, 0.15) is 27.7 Å². The minimum absolute atomic E-state index is 0.0622. The number of nitrogens with zero attached hydrogens (tertiary/aromatic N) is 2. The highest BCUT2D eigenvalue weighted by Crippen LogP contribution is 2.08. The highest BCUT2D eigenvalue weighted by Gasteiger charge is 2.24. The minimum Gasteiger partial charge on any atom is -0.374 e. The molecule has 0 amide bonds. The van der Waals surface area contributed by atoms with Gasteiger partial charge in [0.15, 0.2) is 0 Å². The summed E-state index contributed by atoms with van der Waals surface area (Å²) < 4.78 is 33.8. The molecule has 1 fully saturated rings. The van der Waals surface area contributed by atoms with Crippen molar-refractivity contribution in [3.63, 3.8) is 0 Å². The van der Waals surface area contributed by atoms with Crippen molar-refractivity contribution >= 4 is 10.2 Å². The smallest absolute Gasteiger partial charge is 0.279 e. The van der Waals surface area contributed by atoms with Crippen molar-refractivity contribution in [2.45, 2.75) is 33.8 Å². The molecule has 0 aliphatic carbocycles. The van der Waals surface area contributed by atoms with Gasteiger partial charge < -0.3 is 4.74 Å². The van der Waals surface area contributed by atoms with Crippen LogP contribution >= 0.6 is 0 Å². The number of rotatable bonds is 8. The monoisotopic (exact) mass is 307 g/mol. The van der Waals surface area contributed by atoms with E-state index in [1.54, 1.807) is 0 Å². The lowest BCUT2D eigenvalue weighted by Gasteiger charge is -2.34. The van der Waals surface area contributed by atoms with E-state index in [0.717, 1.165) is 19.6 Å². The van der Waals surface area contributed by atoms with E-state index in [1.165, 1.54) is 4.31 Å². The Morgan fingerprint density at radius 2 is 2.00 bits per heavy atom. The van der Waals surface area contributed by atoms with Crippen molar-refractivity contribution in [2.75, 3.05) is 45.9 Å². The van der Waals surface area contributed by atoms with Crippen LogP contribution in [0.3, 0.4) is 0 Å². The van der Waals surface area contributed by atoms with E-state index in [4.69, 9.17) is 4.74 Å². The number of nitrogens with one attached hydrogen (secondary N) is 1. The molecule has 120 valence electrons. The van der Waals surface area contributed by atoms with Crippen molar-refractivity contribution in [2.24, 2.45) is 5.92 Å². The van der Waals surface area contributed by atoms with Crippen molar-refractivity contribution in [3.8, 4) is 0 Å². The fraction of sp³-hybridized carbons (Fsp3) is 1.00. The Balaban J connectivity index is 2.44. The summed E-state index contributed by atoms with van der Waals surface area (Å²) in [6.45, 7) is 12.8. The molecule has 0 saturated carbocycles. The summed E-state index contributed by atoms with van der Waals surface area (Å²) in [6, 6.07) is 0. The molecule has 0 aromatic carbocycles. The summed E-state index contributed by atoms with van der Waals surface area (Å²) in [4.78, 5) is 2.34. The fourth-order valence-electron chi connectivity index (χ4n) is 2.44. The molecule has 0 aromatic rings. The van der Waals surface area contributed by atoms with Gasteiger partial charge in [0.1, 0.15) is 0 Å². The molecular weight excluding hydrogens is 278 g/mol. The molecule has 0 spiro atoms. The van der Waals surface area contributed by atoms with E-state index in [0.29, 0.717) is 32.2 Å². The van der Waals surface area contributed by atoms with Gasteiger partial charge in [-0.15, -0.1) is 0 Å². The summed E-state index contributed by atoms with van der Waals surface area (Å²) in [5.74, 6) is 0.612. The molecule has 1 N–H and O–H groups in total. The zero-order valence-electron chi connectivity index (χ0n) is 13.1. The van der Waals surface area contributed by atoms with Gasteiger partial charge in [0, 0.05) is 39.3 Å². The van der Waals surface area contributed by atoms with E-state index in [-0.39, 0.29) is 6.10 Å². The lowest BCUT2D eigenvalue weighted by molar-refractivity contribution is -0.0281. The number of morpholine rings is 1. The quantitative estimate of drug-likeness (QED) is 0.710. The second-order valence-corrected chi connectivity index (χ2v) is 7.34. The van der Waals surface area contributed by atoms with Gasteiger partial charge in [-0.2, -0.15) is 17.4 Å². The molecule has 1 saturated heterocycles. The predicted octanol–water partition coefficient (Wildman–Crippen LogP) is 0.519. The van der Waals surface area contributed by atoms with Gasteiger partial charge in [0.25, 0.3) is 10.2 Å². The number of ether oxygens (including phenoxy) is 1. The Labute approximate surface area is 123 Å². The normalized spacial score (nSPS) is 21.8. The zero-order valence-corrected chi connectivity index (χ0v) is 13.9. The summed E-state index contributed by atoms with van der Waals surface area (Å²) in [7, 11) is -3.38. The van der Waals surface area contributed by atoms with Crippen molar-refractivity contribution in [1.82, 2.24) is 13.9 Å². The average molecular weight is 307 g/mol. The molecule has 1 aliphatic heterocycles. The Morgan fingerprint density at radius 3 is 2.55 bits per heavy atom. The molecule has 1 aliphatic rings. The SMILES string of the molecule is CCN(CC)S(=O)(=O)NCC1CN(CC(C)C)CCO1. The maximum Gasteiger partial charge on any atom is 0.279 e. The Bertz CT molecular complexity index is 369. The molecule has 1 unspecified atom stereocenters. The maximum atomic E-state index is 12.0. The zero-order chi connectivity index (χ0) is 15.2. The Hall–Kier alpha value is -0.210. The largest absolute Gasteiger partial charge is 0.374 e. The standard InChI is InChI=1S/C13H29N3O3S/c1-5-16(6-2)20(17,18)14-9-13-11-15(7-8-19-13)10-12(3)4/h12-14H,5-11H2,1-4H3. The Kier molecular flexibility index (Phi) is 7.39. The average Bonchev–Trinajstić information content (AvgIpc) is 2.37. The fourth-order valence-corrected chi connectivity index (χ4v) is 3.70. The molecule has 0 radical (unpaired) electrons. The number of hydrogen-bond acceptors (Lipinski definition) is 4. The third-order valence-electron chi connectivity index (χ3n) is 3.38. The van der Waals surface area contributed by atoms with Gasteiger partial charge >= 0.3 is 0 Å². The highest BCUT2D eigenvalue weighted by atomic mass is 32.2. The second kappa shape index (κ2) is 8.29. The van der Waals surface area contributed by atoms with Crippen LogP contribution in [0.15, 0.2) is 0 Å². The lowest BCUT2D eigenvalue weighted by Crippen LogP contribution is -2.50. The first-order chi connectivity index (χ1) is 9.39. The lowest BCUT2D eigenvalue weighted by atomic mass is 10.2. The van der Waals surface area contributed by atoms with E-state index >= 15 is 0 Å². The van der Waals surface area contributed by atoms with Gasteiger partial charge in [-0.05, 0) is 5.92 Å². The molecule has 7 heteroatoms. The molecule has 1 heterocycles. The first-order valence-electron chi connectivity index (χ1n) is 7.47. The third-order valence-corrected chi connectivity index (χ3v) is 5.11. The van der Waals surface area contributed by atoms with E-state index < -0.39 is 10.2 Å². The predicted molar refractivity (Wildman–Crippen MR) is 80.9 cm³/mol. The van der Waals surface area contributed by atoms with Crippen LogP contribution in [0.2, 0.25) is 0 Å². The summed E-state index contributed by atoms with van der Waals surface area (Å²) in [5.41, 5.74) is 0. The van der Waals surface area contributed by atoms with Crippen LogP contribution in [0, 0.1) is 5.92 Å². The topological polar surface area (TPSA) is 61.9 Å². The van der Waals surface area contributed by atoms with Gasteiger partial charge in [0.2, 0.25) is 0 Å². The minimum atomic E-state index is -3.38. The van der Waals surface area contributed by atoms with E-state index in [9.17, 15) is 8.42 Å². The Morgan fingerprint density at radius 1 is 1.35 bits per heavy atom. The van der Waals surface area contributed by atoms with Gasteiger partial charge in [-0.3, -0.25) is 4.90 Å². The molecule has 1 atom stereocenters. The summed E-state index contributed by atoms with van der Waals surface area (Å²) in [6.07, 6.45) is -0.0622. The van der Waals surface area contributed by atoms with E-state index in [1.807, 2.05) is 13.8 Å². The number of hydrogen-bond donors (Lipinski definition) is 1. The van der Waals surface area contributed by atoms with Crippen LogP contribution in [0.5, 0.6) is 0 Å². The van der Waals surface area contributed by atoms with Crippen LogP contribution in [-0.2, 0) is 14.9 Å². The molecule has 0 bridgehead atoms. The van der Waals surface area contributed by atoms with Crippen molar-refractivity contribution in [1.29, 1.82) is 0 Å². The van der Waals surface area contributed by atoms with Gasteiger partial charge in [-0.1, -0.05) is 27.7 Å². The van der Waals surface area contributed by atoms with E-state index in [2.05, 4.69) is 23.5 Å². The van der Waals surface area contributed by atoms with Crippen LogP contribution in [0.25, 0.3) is 0 Å². The summed E-state index contributed by atoms with van der Waals surface area (Å²) in [5, 5.41) is 0. The molecule has 20 heavy (non-hydrogen) atoms. The molecule has 0 aromatic heterocycles. The second-order valence-electron chi connectivity index (χ2n) is 5.58. The molecular formula is C13H29N3O3S. The van der Waals surface area contributed by atoms with Gasteiger partial charge in [-0.25, -0.2) is 0 Å². The summed E-state index contributed by atoms with van der Waals surface area (Å²) >= 11 is 0. The van der Waals surface area contributed by atoms with Crippen LogP contribution in [0.4, 0.5) is 0 Å². The van der Waals surface area contributed by atoms with Crippen molar-refractivity contribution in [3.05, 3.63) is 0 Å². The third kappa shape index (κ3) is 5.65.